The first-order valence-corrected chi connectivity index (χ1v) is 7.28. The summed E-state index contributed by atoms with van der Waals surface area (Å²) in [7, 11) is 3.15. The average molecular weight is 333 g/mol. The molecule has 0 saturated heterocycles. The molecule has 2 rings (SSSR count). The van der Waals surface area contributed by atoms with E-state index in [-0.39, 0.29) is 18.9 Å². The van der Waals surface area contributed by atoms with Crippen molar-refractivity contribution in [2.75, 3.05) is 19.5 Å². The number of benzene rings is 1. The summed E-state index contributed by atoms with van der Waals surface area (Å²) in [6, 6.07) is 6.96. The molecule has 1 aromatic carbocycles. The fraction of sp³-hybridized carbons (Fsp3) is 0.312. The summed E-state index contributed by atoms with van der Waals surface area (Å²) in [5, 5.41) is 15.3. The van der Waals surface area contributed by atoms with Crippen molar-refractivity contribution < 1.29 is 24.2 Å². The maximum Gasteiger partial charge on any atom is 0.325 e. The Kier molecular flexibility index (Phi) is 5.78. The molecule has 0 saturated carbocycles. The number of aliphatic carboxylic acids is 1. The van der Waals surface area contributed by atoms with Gasteiger partial charge in [0.25, 0.3) is 0 Å². The first-order valence-electron chi connectivity index (χ1n) is 7.28. The third-order valence-corrected chi connectivity index (χ3v) is 3.31. The Morgan fingerprint density at radius 3 is 2.71 bits per heavy atom. The van der Waals surface area contributed by atoms with E-state index in [1.807, 2.05) is 6.07 Å². The van der Waals surface area contributed by atoms with Gasteiger partial charge in [-0.2, -0.15) is 5.10 Å². The molecule has 0 unspecified atom stereocenters. The molecule has 24 heavy (non-hydrogen) atoms. The predicted molar refractivity (Wildman–Crippen MR) is 86.4 cm³/mol. The number of hydrogen-bond acceptors (Lipinski definition) is 5. The standard InChI is InChI=1S/C16H19N3O5/c1-23-12-4-5-13(24-2)11(9-12)3-6-15(20)17-14-7-8-19(18-14)10-16(21)22/h4-5,7-9H,3,6,10H2,1-2H3,(H,21,22)(H,17,18,20). The highest BCUT2D eigenvalue weighted by atomic mass is 16.5. The van der Waals surface area contributed by atoms with Crippen LogP contribution in [0.25, 0.3) is 0 Å². The van der Waals surface area contributed by atoms with E-state index in [9.17, 15) is 9.59 Å². The third-order valence-electron chi connectivity index (χ3n) is 3.31. The monoisotopic (exact) mass is 333 g/mol. The lowest BCUT2D eigenvalue weighted by Crippen LogP contribution is -2.14. The number of carboxylic acids is 1. The van der Waals surface area contributed by atoms with Crippen molar-refractivity contribution in [2.24, 2.45) is 0 Å². The highest BCUT2D eigenvalue weighted by Gasteiger charge is 2.10. The van der Waals surface area contributed by atoms with Crippen molar-refractivity contribution in [3.63, 3.8) is 0 Å². The predicted octanol–water partition coefficient (Wildman–Crippen LogP) is 1.56. The highest BCUT2D eigenvalue weighted by Crippen LogP contribution is 2.25. The first kappa shape index (κ1) is 17.3. The van der Waals surface area contributed by atoms with Crippen LogP contribution >= 0.6 is 0 Å². The van der Waals surface area contributed by atoms with Crippen LogP contribution in [0.15, 0.2) is 30.5 Å². The van der Waals surface area contributed by atoms with Gasteiger partial charge in [0.1, 0.15) is 18.0 Å². The Morgan fingerprint density at radius 1 is 1.25 bits per heavy atom. The summed E-state index contributed by atoms with van der Waals surface area (Å²) in [6.07, 6.45) is 2.20. The molecule has 0 spiro atoms. The van der Waals surface area contributed by atoms with Gasteiger partial charge >= 0.3 is 5.97 Å². The average Bonchev–Trinajstić information content (AvgIpc) is 2.98. The molecule has 0 aliphatic carbocycles. The van der Waals surface area contributed by atoms with Crippen molar-refractivity contribution >= 4 is 17.7 Å². The number of anilines is 1. The van der Waals surface area contributed by atoms with Crippen molar-refractivity contribution in [1.82, 2.24) is 9.78 Å². The number of carbonyl (C=O) groups is 2. The molecule has 0 atom stereocenters. The summed E-state index contributed by atoms with van der Waals surface area (Å²) < 4.78 is 11.7. The van der Waals surface area contributed by atoms with Gasteiger partial charge < -0.3 is 19.9 Å². The summed E-state index contributed by atoms with van der Waals surface area (Å²) in [5.74, 6) is 0.480. The zero-order valence-electron chi connectivity index (χ0n) is 13.5. The van der Waals surface area contributed by atoms with Gasteiger partial charge in [-0.05, 0) is 30.2 Å². The normalized spacial score (nSPS) is 10.2. The van der Waals surface area contributed by atoms with E-state index in [0.29, 0.717) is 23.7 Å². The molecule has 1 aromatic heterocycles. The Balaban J connectivity index is 1.93. The van der Waals surface area contributed by atoms with E-state index in [2.05, 4.69) is 10.4 Å². The van der Waals surface area contributed by atoms with Crippen molar-refractivity contribution in [2.45, 2.75) is 19.4 Å². The second-order valence-electron chi connectivity index (χ2n) is 5.02. The van der Waals surface area contributed by atoms with E-state index in [1.54, 1.807) is 32.4 Å². The molecule has 2 aromatic rings. The topological polar surface area (TPSA) is 103 Å². The molecule has 8 nitrogen and oxygen atoms in total. The zero-order valence-corrected chi connectivity index (χ0v) is 13.5. The van der Waals surface area contributed by atoms with E-state index in [0.717, 1.165) is 5.56 Å². The van der Waals surface area contributed by atoms with E-state index < -0.39 is 5.97 Å². The van der Waals surface area contributed by atoms with Crippen LogP contribution in [0, 0.1) is 0 Å². The van der Waals surface area contributed by atoms with E-state index >= 15 is 0 Å². The number of carbonyl (C=O) groups excluding carboxylic acids is 1. The molecule has 0 aliphatic rings. The van der Waals surface area contributed by atoms with Crippen LogP contribution < -0.4 is 14.8 Å². The number of nitrogens with one attached hydrogen (secondary N) is 1. The maximum atomic E-state index is 12.0. The van der Waals surface area contributed by atoms with Crippen molar-refractivity contribution in [1.29, 1.82) is 0 Å². The lowest BCUT2D eigenvalue weighted by Gasteiger charge is -2.10. The fourth-order valence-corrected chi connectivity index (χ4v) is 2.19. The number of carboxylic acid groups (broad SMARTS) is 1. The van der Waals surface area contributed by atoms with Gasteiger partial charge in [-0.25, -0.2) is 0 Å². The number of methoxy groups -OCH3 is 2. The lowest BCUT2D eigenvalue weighted by molar-refractivity contribution is -0.137. The minimum Gasteiger partial charge on any atom is -0.497 e. The molecule has 0 radical (unpaired) electrons. The Bertz CT molecular complexity index is 726. The molecular weight excluding hydrogens is 314 g/mol. The lowest BCUT2D eigenvalue weighted by atomic mass is 10.1. The number of amides is 1. The van der Waals surface area contributed by atoms with Crippen molar-refractivity contribution in [3.8, 4) is 11.5 Å². The van der Waals surface area contributed by atoms with E-state index in [1.165, 1.54) is 10.9 Å². The van der Waals surface area contributed by atoms with Crippen LogP contribution in [0.1, 0.15) is 12.0 Å². The molecule has 0 fully saturated rings. The van der Waals surface area contributed by atoms with Gasteiger partial charge in [-0.3, -0.25) is 14.3 Å². The molecule has 8 heteroatoms. The first-order chi connectivity index (χ1) is 11.5. The second kappa shape index (κ2) is 8.00. The van der Waals surface area contributed by atoms with Crippen LogP contribution in [0.5, 0.6) is 11.5 Å². The molecule has 128 valence electrons. The summed E-state index contributed by atoms with van der Waals surface area (Å²) in [5.41, 5.74) is 0.864. The van der Waals surface area contributed by atoms with Gasteiger partial charge in [0.05, 0.1) is 14.2 Å². The summed E-state index contributed by atoms with van der Waals surface area (Å²) >= 11 is 0. The van der Waals surface area contributed by atoms with Gasteiger partial charge in [0.15, 0.2) is 5.82 Å². The third kappa shape index (κ3) is 4.73. The number of aryl methyl sites for hydroxylation is 1. The fourth-order valence-electron chi connectivity index (χ4n) is 2.19. The van der Waals surface area contributed by atoms with Gasteiger partial charge in [-0.1, -0.05) is 0 Å². The van der Waals surface area contributed by atoms with Crippen LogP contribution in [0.4, 0.5) is 5.82 Å². The molecule has 1 heterocycles. The van der Waals surface area contributed by atoms with Crippen LogP contribution in [-0.4, -0.2) is 41.0 Å². The number of hydrogen-bond donors (Lipinski definition) is 2. The Labute approximate surface area is 139 Å². The minimum absolute atomic E-state index is 0.222. The van der Waals surface area contributed by atoms with Crippen LogP contribution in [0.2, 0.25) is 0 Å². The molecular formula is C16H19N3O5. The Morgan fingerprint density at radius 2 is 2.04 bits per heavy atom. The second-order valence-corrected chi connectivity index (χ2v) is 5.02. The number of rotatable bonds is 8. The quantitative estimate of drug-likeness (QED) is 0.760. The molecule has 2 N–H and O–H groups in total. The minimum atomic E-state index is -0.999. The number of nitrogens with zero attached hydrogens (tertiary/aromatic N) is 2. The van der Waals surface area contributed by atoms with E-state index in [4.69, 9.17) is 14.6 Å². The van der Waals surface area contributed by atoms with Crippen LogP contribution in [-0.2, 0) is 22.6 Å². The zero-order chi connectivity index (χ0) is 17.5. The van der Waals surface area contributed by atoms with Gasteiger partial charge in [-0.15, -0.1) is 0 Å². The number of aromatic nitrogens is 2. The SMILES string of the molecule is COc1ccc(OC)c(CCC(=O)Nc2ccn(CC(=O)O)n2)c1. The largest absolute Gasteiger partial charge is 0.497 e. The maximum absolute atomic E-state index is 12.0. The van der Waals surface area contributed by atoms with Crippen LogP contribution in [0.3, 0.4) is 0 Å². The highest BCUT2D eigenvalue weighted by molar-refractivity contribution is 5.89. The molecule has 1 amide bonds. The smallest absolute Gasteiger partial charge is 0.325 e. The summed E-state index contributed by atoms with van der Waals surface area (Å²) in [4.78, 5) is 22.6. The molecule has 0 bridgehead atoms. The van der Waals surface area contributed by atoms with Crippen molar-refractivity contribution in [3.05, 3.63) is 36.0 Å². The molecule has 0 aliphatic heterocycles. The van der Waals surface area contributed by atoms with Gasteiger partial charge in [0.2, 0.25) is 5.91 Å². The van der Waals surface area contributed by atoms with Gasteiger partial charge in [0, 0.05) is 18.7 Å². The number of ether oxygens (including phenoxy) is 2. The Hall–Kier alpha value is -3.03. The summed E-state index contributed by atoms with van der Waals surface area (Å²) in [6.45, 7) is -0.253.